The topological polar surface area (TPSA) is 92.7 Å². The van der Waals surface area contributed by atoms with Gasteiger partial charge in [0.05, 0.1) is 13.5 Å². The first-order valence-corrected chi connectivity index (χ1v) is 4.77. The van der Waals surface area contributed by atoms with E-state index in [4.69, 9.17) is 5.11 Å². The van der Waals surface area contributed by atoms with Crippen molar-refractivity contribution in [3.8, 4) is 0 Å². The van der Waals surface area contributed by atoms with E-state index < -0.39 is 42.4 Å². The van der Waals surface area contributed by atoms with Gasteiger partial charge in [-0.25, -0.2) is 4.79 Å². The SMILES string of the molecule is COC(=O)[C@@H](NC(=O)C(F)(F)F)[C@@H](C)CC(=O)O. The molecule has 0 aromatic heterocycles. The second kappa shape index (κ2) is 6.22. The van der Waals surface area contributed by atoms with Crippen molar-refractivity contribution in [3.63, 3.8) is 0 Å². The summed E-state index contributed by atoms with van der Waals surface area (Å²) in [5.41, 5.74) is 0. The molecule has 0 radical (unpaired) electrons. The molecule has 18 heavy (non-hydrogen) atoms. The second-order valence-electron chi connectivity index (χ2n) is 3.55. The Hall–Kier alpha value is -1.80. The quantitative estimate of drug-likeness (QED) is 0.702. The number of hydrogen-bond acceptors (Lipinski definition) is 4. The maximum atomic E-state index is 12.0. The predicted octanol–water partition coefficient (Wildman–Crippen LogP) is 0.317. The highest BCUT2D eigenvalue weighted by Crippen LogP contribution is 2.17. The van der Waals surface area contributed by atoms with E-state index in [1.54, 1.807) is 0 Å². The zero-order valence-corrected chi connectivity index (χ0v) is 9.58. The molecule has 0 bridgehead atoms. The van der Waals surface area contributed by atoms with Gasteiger partial charge >= 0.3 is 24.0 Å². The summed E-state index contributed by atoms with van der Waals surface area (Å²) in [5.74, 6) is -5.81. The number of halogens is 3. The molecule has 1 amide bonds. The van der Waals surface area contributed by atoms with Gasteiger partial charge in [0.1, 0.15) is 6.04 Å². The number of esters is 1. The first-order valence-electron chi connectivity index (χ1n) is 4.77. The Morgan fingerprint density at radius 2 is 1.83 bits per heavy atom. The van der Waals surface area contributed by atoms with E-state index in [-0.39, 0.29) is 0 Å². The second-order valence-corrected chi connectivity index (χ2v) is 3.55. The van der Waals surface area contributed by atoms with Crippen molar-refractivity contribution >= 4 is 17.8 Å². The minimum absolute atomic E-state index is 0.585. The van der Waals surface area contributed by atoms with Crippen LogP contribution in [0, 0.1) is 5.92 Å². The fourth-order valence-electron chi connectivity index (χ4n) is 1.18. The Morgan fingerprint density at radius 1 is 1.33 bits per heavy atom. The molecule has 0 saturated heterocycles. The lowest BCUT2D eigenvalue weighted by atomic mass is 9.98. The molecule has 0 aromatic carbocycles. The first-order chi connectivity index (χ1) is 8.09. The zero-order chi connectivity index (χ0) is 14.5. The number of methoxy groups -OCH3 is 1. The monoisotopic (exact) mass is 271 g/mol. The Labute approximate surface area is 100 Å². The van der Waals surface area contributed by atoms with Crippen LogP contribution in [0.15, 0.2) is 0 Å². The lowest BCUT2D eigenvalue weighted by Crippen LogP contribution is -2.50. The minimum Gasteiger partial charge on any atom is -0.481 e. The van der Waals surface area contributed by atoms with Crippen molar-refractivity contribution in [3.05, 3.63) is 0 Å². The van der Waals surface area contributed by atoms with Gasteiger partial charge in [0, 0.05) is 0 Å². The van der Waals surface area contributed by atoms with E-state index in [2.05, 4.69) is 4.74 Å². The van der Waals surface area contributed by atoms with Crippen molar-refractivity contribution in [2.45, 2.75) is 25.6 Å². The summed E-state index contributed by atoms with van der Waals surface area (Å²) in [6.45, 7) is 1.21. The Balaban J connectivity index is 4.85. The molecule has 0 saturated carbocycles. The van der Waals surface area contributed by atoms with Gasteiger partial charge in [0.25, 0.3) is 0 Å². The zero-order valence-electron chi connectivity index (χ0n) is 9.58. The lowest BCUT2D eigenvalue weighted by Gasteiger charge is -2.22. The molecule has 2 N–H and O–H groups in total. The molecule has 9 heteroatoms. The fourth-order valence-corrected chi connectivity index (χ4v) is 1.18. The van der Waals surface area contributed by atoms with Crippen molar-refractivity contribution in [1.29, 1.82) is 0 Å². The summed E-state index contributed by atoms with van der Waals surface area (Å²) in [7, 11) is 0.919. The summed E-state index contributed by atoms with van der Waals surface area (Å²) in [5, 5.41) is 9.91. The molecular formula is C9H12F3NO5. The highest BCUT2D eigenvalue weighted by atomic mass is 19.4. The number of hydrogen-bond donors (Lipinski definition) is 2. The number of nitrogens with one attached hydrogen (secondary N) is 1. The van der Waals surface area contributed by atoms with Crippen LogP contribution in [0.3, 0.4) is 0 Å². The van der Waals surface area contributed by atoms with Crippen LogP contribution in [-0.2, 0) is 19.1 Å². The fraction of sp³-hybridized carbons (Fsp3) is 0.667. The lowest BCUT2D eigenvalue weighted by molar-refractivity contribution is -0.176. The average molecular weight is 271 g/mol. The number of amides is 1. The number of rotatable bonds is 5. The number of aliphatic carboxylic acids is 1. The third-order valence-corrected chi connectivity index (χ3v) is 2.06. The van der Waals surface area contributed by atoms with E-state index >= 15 is 0 Å². The molecule has 0 unspecified atom stereocenters. The number of carbonyl (C=O) groups is 3. The van der Waals surface area contributed by atoms with Gasteiger partial charge in [-0.05, 0) is 5.92 Å². The largest absolute Gasteiger partial charge is 0.481 e. The summed E-state index contributed by atoms with van der Waals surface area (Å²) in [6.07, 6.45) is -5.74. The van der Waals surface area contributed by atoms with Crippen LogP contribution in [-0.4, -0.2) is 42.3 Å². The standard InChI is InChI=1S/C9H12F3NO5/c1-4(3-5(14)15)6(7(16)18-2)13-8(17)9(10,11)12/h4,6H,3H2,1-2H3,(H,13,17)(H,14,15)/t4-,6-/m0/s1. The molecule has 0 heterocycles. The molecule has 0 aliphatic carbocycles. The highest BCUT2D eigenvalue weighted by Gasteiger charge is 2.42. The average Bonchev–Trinajstić information content (AvgIpc) is 2.21. The van der Waals surface area contributed by atoms with Crippen molar-refractivity contribution in [1.82, 2.24) is 5.32 Å². The third kappa shape index (κ3) is 5.02. The van der Waals surface area contributed by atoms with Crippen LogP contribution in [0.5, 0.6) is 0 Å². The maximum Gasteiger partial charge on any atom is 0.471 e. The van der Waals surface area contributed by atoms with E-state index in [0.29, 0.717) is 0 Å². The molecule has 0 aliphatic rings. The normalized spacial score (nSPS) is 14.5. The number of carbonyl (C=O) groups excluding carboxylic acids is 2. The molecule has 0 aromatic rings. The molecule has 104 valence electrons. The highest BCUT2D eigenvalue weighted by molar-refractivity contribution is 5.88. The number of carboxylic acid groups (broad SMARTS) is 1. The number of alkyl halides is 3. The first kappa shape index (κ1) is 16.2. The number of ether oxygens (including phenoxy) is 1. The summed E-state index contributed by atoms with van der Waals surface area (Å²) in [4.78, 5) is 32.3. The molecule has 0 fully saturated rings. The molecule has 0 aliphatic heterocycles. The van der Waals surface area contributed by atoms with E-state index in [1.165, 1.54) is 12.2 Å². The molecule has 2 atom stereocenters. The third-order valence-electron chi connectivity index (χ3n) is 2.06. The summed E-state index contributed by atoms with van der Waals surface area (Å²) < 4.78 is 40.3. The molecule has 0 rings (SSSR count). The van der Waals surface area contributed by atoms with E-state index in [0.717, 1.165) is 7.11 Å². The van der Waals surface area contributed by atoms with Gasteiger partial charge in [-0.3, -0.25) is 9.59 Å². The minimum atomic E-state index is -5.16. The van der Waals surface area contributed by atoms with Crippen molar-refractivity contribution in [2.24, 2.45) is 5.92 Å². The Morgan fingerprint density at radius 3 is 2.17 bits per heavy atom. The molecular weight excluding hydrogens is 259 g/mol. The van der Waals surface area contributed by atoms with Gasteiger partial charge in [-0.2, -0.15) is 13.2 Å². The van der Waals surface area contributed by atoms with Gasteiger partial charge in [-0.15, -0.1) is 0 Å². The van der Waals surface area contributed by atoms with Crippen LogP contribution in [0.2, 0.25) is 0 Å². The van der Waals surface area contributed by atoms with Crippen LogP contribution >= 0.6 is 0 Å². The van der Waals surface area contributed by atoms with Crippen LogP contribution in [0.1, 0.15) is 13.3 Å². The van der Waals surface area contributed by atoms with Crippen LogP contribution in [0.25, 0.3) is 0 Å². The predicted molar refractivity (Wildman–Crippen MR) is 51.4 cm³/mol. The van der Waals surface area contributed by atoms with E-state index in [9.17, 15) is 27.6 Å². The van der Waals surface area contributed by atoms with Gasteiger partial charge in [-0.1, -0.05) is 6.92 Å². The van der Waals surface area contributed by atoms with Crippen LogP contribution < -0.4 is 5.32 Å². The van der Waals surface area contributed by atoms with Crippen molar-refractivity contribution < 1.29 is 37.4 Å². The number of carboxylic acids is 1. The molecule has 0 spiro atoms. The Bertz CT molecular complexity index is 342. The van der Waals surface area contributed by atoms with Gasteiger partial charge < -0.3 is 15.2 Å². The van der Waals surface area contributed by atoms with Crippen LogP contribution in [0.4, 0.5) is 13.2 Å². The smallest absolute Gasteiger partial charge is 0.471 e. The van der Waals surface area contributed by atoms with Crippen molar-refractivity contribution in [2.75, 3.05) is 7.11 Å². The summed E-state index contributed by atoms with van der Waals surface area (Å²) >= 11 is 0. The van der Waals surface area contributed by atoms with Gasteiger partial charge in [0.15, 0.2) is 0 Å². The van der Waals surface area contributed by atoms with Gasteiger partial charge in [0.2, 0.25) is 0 Å². The maximum absolute atomic E-state index is 12.0. The van der Waals surface area contributed by atoms with E-state index in [1.807, 2.05) is 0 Å². The summed E-state index contributed by atoms with van der Waals surface area (Å²) in [6, 6.07) is -1.67. The Kier molecular flexibility index (Phi) is 5.60. The molecule has 6 nitrogen and oxygen atoms in total.